The molecule has 1 aliphatic rings. The standard InChI is InChI=1S/C19H22N4OS/c1-2-8-17-16(7-1)18(21-13-14-5-3-11-24-14)23-19(22-17)20-10-9-15-6-4-12-25-15/h1-2,4,6-8,12,14H,3,5,9-11,13H2,(H2,20,21,22,23)/t14-/m1/s1. The van der Waals surface area contributed by atoms with Gasteiger partial charge in [-0.05, 0) is 42.8 Å². The van der Waals surface area contributed by atoms with Crippen LogP contribution < -0.4 is 10.6 Å². The second-order valence-electron chi connectivity index (χ2n) is 6.19. The van der Waals surface area contributed by atoms with Crippen molar-refractivity contribution in [2.75, 3.05) is 30.3 Å². The van der Waals surface area contributed by atoms with E-state index in [0.717, 1.165) is 55.7 Å². The Morgan fingerprint density at radius 3 is 2.92 bits per heavy atom. The van der Waals surface area contributed by atoms with Gasteiger partial charge >= 0.3 is 0 Å². The molecule has 0 aliphatic carbocycles. The van der Waals surface area contributed by atoms with Crippen LogP contribution >= 0.6 is 11.3 Å². The van der Waals surface area contributed by atoms with E-state index in [1.807, 2.05) is 18.2 Å². The van der Waals surface area contributed by atoms with Crippen LogP contribution in [0.2, 0.25) is 0 Å². The summed E-state index contributed by atoms with van der Waals surface area (Å²) in [5.74, 6) is 1.55. The fraction of sp³-hybridized carbons (Fsp3) is 0.368. The molecule has 0 unspecified atom stereocenters. The minimum atomic E-state index is 0.281. The van der Waals surface area contributed by atoms with Crippen LogP contribution in [0, 0.1) is 0 Å². The number of thiophene rings is 1. The maximum absolute atomic E-state index is 5.70. The number of aromatic nitrogens is 2. The Hall–Kier alpha value is -2.18. The average molecular weight is 354 g/mol. The number of anilines is 2. The minimum Gasteiger partial charge on any atom is -0.376 e. The van der Waals surface area contributed by atoms with Crippen molar-refractivity contribution in [3.05, 3.63) is 46.7 Å². The Labute approximate surface area is 151 Å². The van der Waals surface area contributed by atoms with Gasteiger partial charge < -0.3 is 15.4 Å². The Morgan fingerprint density at radius 1 is 1.12 bits per heavy atom. The van der Waals surface area contributed by atoms with Crippen LogP contribution in [-0.4, -0.2) is 35.8 Å². The second-order valence-corrected chi connectivity index (χ2v) is 7.22. The zero-order valence-corrected chi connectivity index (χ0v) is 14.9. The van der Waals surface area contributed by atoms with Gasteiger partial charge in [0.1, 0.15) is 5.82 Å². The molecule has 2 aromatic heterocycles. The topological polar surface area (TPSA) is 59.1 Å². The van der Waals surface area contributed by atoms with Crippen molar-refractivity contribution in [1.82, 2.24) is 9.97 Å². The Morgan fingerprint density at radius 2 is 2.08 bits per heavy atom. The number of para-hydroxylation sites is 1. The van der Waals surface area contributed by atoms with E-state index >= 15 is 0 Å². The number of hydrogen-bond donors (Lipinski definition) is 2. The van der Waals surface area contributed by atoms with Gasteiger partial charge in [-0.25, -0.2) is 4.98 Å². The summed E-state index contributed by atoms with van der Waals surface area (Å²) >= 11 is 1.78. The lowest BCUT2D eigenvalue weighted by atomic mass is 10.2. The molecule has 3 heterocycles. The second kappa shape index (κ2) is 7.80. The highest BCUT2D eigenvalue weighted by Crippen LogP contribution is 2.23. The van der Waals surface area contributed by atoms with Crippen molar-refractivity contribution in [3.8, 4) is 0 Å². The molecule has 1 saturated heterocycles. The van der Waals surface area contributed by atoms with E-state index in [-0.39, 0.29) is 6.10 Å². The molecule has 0 spiro atoms. The highest BCUT2D eigenvalue weighted by molar-refractivity contribution is 7.09. The SMILES string of the molecule is c1csc(CCNc2nc(NC[C@H]3CCCO3)c3ccccc3n2)c1. The van der Waals surface area contributed by atoms with Gasteiger partial charge in [0.25, 0.3) is 0 Å². The molecule has 5 nitrogen and oxygen atoms in total. The third-order valence-electron chi connectivity index (χ3n) is 4.36. The molecular weight excluding hydrogens is 332 g/mol. The molecule has 0 radical (unpaired) electrons. The Balaban J connectivity index is 1.48. The van der Waals surface area contributed by atoms with Crippen LogP contribution in [0.4, 0.5) is 11.8 Å². The normalized spacial score (nSPS) is 17.0. The maximum Gasteiger partial charge on any atom is 0.225 e. The molecular formula is C19H22N4OS. The highest BCUT2D eigenvalue weighted by Gasteiger charge is 2.16. The van der Waals surface area contributed by atoms with Crippen LogP contribution in [0.25, 0.3) is 10.9 Å². The van der Waals surface area contributed by atoms with Crippen LogP contribution in [-0.2, 0) is 11.2 Å². The summed E-state index contributed by atoms with van der Waals surface area (Å²) in [5.41, 5.74) is 0.950. The lowest BCUT2D eigenvalue weighted by Crippen LogP contribution is -2.19. The van der Waals surface area contributed by atoms with Gasteiger partial charge in [0.05, 0.1) is 11.6 Å². The zero-order chi connectivity index (χ0) is 16.9. The van der Waals surface area contributed by atoms with E-state index in [4.69, 9.17) is 9.72 Å². The summed E-state index contributed by atoms with van der Waals surface area (Å²) in [6.07, 6.45) is 3.52. The average Bonchev–Trinajstić information content (AvgIpc) is 3.33. The van der Waals surface area contributed by atoms with E-state index in [2.05, 4.69) is 39.2 Å². The Bertz CT molecular complexity index is 815. The largest absolute Gasteiger partial charge is 0.376 e. The van der Waals surface area contributed by atoms with Crippen LogP contribution in [0.3, 0.4) is 0 Å². The van der Waals surface area contributed by atoms with E-state index in [1.165, 1.54) is 4.88 Å². The molecule has 0 bridgehead atoms. The fourth-order valence-corrected chi connectivity index (χ4v) is 3.77. The molecule has 0 amide bonds. The van der Waals surface area contributed by atoms with Crippen molar-refractivity contribution in [2.24, 2.45) is 0 Å². The van der Waals surface area contributed by atoms with E-state index in [1.54, 1.807) is 11.3 Å². The molecule has 25 heavy (non-hydrogen) atoms. The quantitative estimate of drug-likeness (QED) is 0.673. The summed E-state index contributed by atoms with van der Waals surface area (Å²) in [5, 5.41) is 9.97. The van der Waals surface area contributed by atoms with E-state index in [9.17, 15) is 0 Å². The summed E-state index contributed by atoms with van der Waals surface area (Å²) in [7, 11) is 0. The fourth-order valence-electron chi connectivity index (χ4n) is 3.06. The van der Waals surface area contributed by atoms with Gasteiger partial charge in [-0.2, -0.15) is 4.98 Å². The first-order valence-electron chi connectivity index (χ1n) is 8.77. The molecule has 6 heteroatoms. The summed E-state index contributed by atoms with van der Waals surface area (Å²) in [4.78, 5) is 10.7. The highest BCUT2D eigenvalue weighted by atomic mass is 32.1. The zero-order valence-electron chi connectivity index (χ0n) is 14.1. The van der Waals surface area contributed by atoms with Crippen molar-refractivity contribution in [2.45, 2.75) is 25.4 Å². The first-order chi connectivity index (χ1) is 12.4. The molecule has 4 rings (SSSR count). The molecule has 2 N–H and O–H groups in total. The number of ether oxygens (including phenoxy) is 1. The predicted octanol–water partition coefficient (Wildman–Crippen LogP) is 3.94. The third kappa shape index (κ3) is 4.08. The molecule has 1 aliphatic heterocycles. The summed E-state index contributed by atoms with van der Waals surface area (Å²) < 4.78 is 5.70. The summed E-state index contributed by atoms with van der Waals surface area (Å²) in [6, 6.07) is 12.4. The molecule has 130 valence electrons. The number of hydrogen-bond acceptors (Lipinski definition) is 6. The molecule has 1 atom stereocenters. The number of nitrogens with zero attached hydrogens (tertiary/aromatic N) is 2. The van der Waals surface area contributed by atoms with Crippen molar-refractivity contribution in [3.63, 3.8) is 0 Å². The van der Waals surface area contributed by atoms with Gasteiger partial charge in [-0.15, -0.1) is 11.3 Å². The van der Waals surface area contributed by atoms with Crippen molar-refractivity contribution < 1.29 is 4.74 Å². The molecule has 3 aromatic rings. The van der Waals surface area contributed by atoms with Crippen molar-refractivity contribution >= 4 is 34.0 Å². The smallest absolute Gasteiger partial charge is 0.225 e. The van der Waals surface area contributed by atoms with Gasteiger partial charge in [0.15, 0.2) is 0 Å². The summed E-state index contributed by atoms with van der Waals surface area (Å²) in [6.45, 7) is 2.48. The van der Waals surface area contributed by atoms with Gasteiger partial charge in [-0.3, -0.25) is 0 Å². The number of benzene rings is 1. The first kappa shape index (κ1) is 16.3. The van der Waals surface area contributed by atoms with E-state index in [0.29, 0.717) is 5.95 Å². The van der Waals surface area contributed by atoms with Gasteiger partial charge in [0, 0.05) is 30.0 Å². The predicted molar refractivity (Wildman–Crippen MR) is 104 cm³/mol. The number of rotatable bonds is 7. The van der Waals surface area contributed by atoms with Crippen LogP contribution in [0.15, 0.2) is 41.8 Å². The third-order valence-corrected chi connectivity index (χ3v) is 5.30. The van der Waals surface area contributed by atoms with Crippen LogP contribution in [0.5, 0.6) is 0 Å². The van der Waals surface area contributed by atoms with Gasteiger partial charge in [-0.1, -0.05) is 18.2 Å². The lowest BCUT2D eigenvalue weighted by molar-refractivity contribution is 0.120. The molecule has 0 saturated carbocycles. The maximum atomic E-state index is 5.70. The van der Waals surface area contributed by atoms with Gasteiger partial charge in [0.2, 0.25) is 5.95 Å². The van der Waals surface area contributed by atoms with Crippen molar-refractivity contribution in [1.29, 1.82) is 0 Å². The Kier molecular flexibility index (Phi) is 5.09. The van der Waals surface area contributed by atoms with E-state index < -0.39 is 0 Å². The number of nitrogens with one attached hydrogen (secondary N) is 2. The molecule has 1 aromatic carbocycles. The monoisotopic (exact) mass is 354 g/mol. The lowest BCUT2D eigenvalue weighted by Gasteiger charge is -2.14. The molecule has 1 fully saturated rings. The van der Waals surface area contributed by atoms with Crippen LogP contribution in [0.1, 0.15) is 17.7 Å². The number of fused-ring (bicyclic) bond motifs is 1. The first-order valence-corrected chi connectivity index (χ1v) is 9.65. The minimum absolute atomic E-state index is 0.281.